The Morgan fingerprint density at radius 3 is 2.36 bits per heavy atom. The van der Waals surface area contributed by atoms with Gasteiger partial charge < -0.3 is 4.74 Å². The second-order valence-corrected chi connectivity index (χ2v) is 2.18. The van der Waals surface area contributed by atoms with Gasteiger partial charge in [0.2, 0.25) is 0 Å². The number of methoxy groups -OCH3 is 1. The molecular formula is C11H20NOSe. The van der Waals surface area contributed by atoms with Gasteiger partial charge in [0.15, 0.2) is 0 Å². The number of aryl methyl sites for hydroxylation is 1. The number of ether oxygens (including phenoxy) is 1. The van der Waals surface area contributed by atoms with Gasteiger partial charge in [0.25, 0.3) is 0 Å². The number of pyridine rings is 1. The van der Waals surface area contributed by atoms with Crippen molar-refractivity contribution in [1.29, 1.82) is 0 Å². The summed E-state index contributed by atoms with van der Waals surface area (Å²) in [6.07, 6.45) is 1.79. The van der Waals surface area contributed by atoms with Crippen LogP contribution in [0.15, 0.2) is 18.3 Å². The van der Waals surface area contributed by atoms with Crippen molar-refractivity contribution in [2.45, 2.75) is 33.2 Å². The van der Waals surface area contributed by atoms with Gasteiger partial charge in [-0.05, 0) is 18.6 Å². The van der Waals surface area contributed by atoms with Crippen molar-refractivity contribution >= 4 is 16.0 Å². The van der Waals surface area contributed by atoms with Crippen molar-refractivity contribution in [2.75, 3.05) is 7.11 Å². The van der Waals surface area contributed by atoms with Crippen LogP contribution in [0.3, 0.4) is 0 Å². The van der Waals surface area contributed by atoms with Crippen molar-refractivity contribution in [3.8, 4) is 0 Å². The Bertz CT molecular complexity index is 216. The molecule has 81 valence electrons. The van der Waals surface area contributed by atoms with E-state index in [-0.39, 0.29) is 0 Å². The number of rotatable bonds is 2. The van der Waals surface area contributed by atoms with Gasteiger partial charge in [0, 0.05) is 19.0 Å². The Morgan fingerprint density at radius 1 is 1.36 bits per heavy atom. The molecule has 0 saturated carbocycles. The summed E-state index contributed by atoms with van der Waals surface area (Å²) in [6.45, 7) is 6.63. The number of aromatic nitrogens is 1. The van der Waals surface area contributed by atoms with Gasteiger partial charge in [0.05, 0.1) is 6.61 Å². The van der Waals surface area contributed by atoms with E-state index in [1.54, 1.807) is 13.3 Å². The van der Waals surface area contributed by atoms with Gasteiger partial charge in [-0.15, -0.1) is 0 Å². The van der Waals surface area contributed by atoms with E-state index in [2.05, 4.69) is 21.0 Å². The van der Waals surface area contributed by atoms with Gasteiger partial charge in [-0.1, -0.05) is 19.9 Å². The summed E-state index contributed by atoms with van der Waals surface area (Å²) < 4.78 is 4.97. The molecule has 0 aliphatic rings. The summed E-state index contributed by atoms with van der Waals surface area (Å²) in [6, 6.07) is 3.94. The van der Waals surface area contributed by atoms with Crippen LogP contribution in [0.1, 0.15) is 25.1 Å². The monoisotopic (exact) mass is 262 g/mol. The molecule has 0 fully saturated rings. The summed E-state index contributed by atoms with van der Waals surface area (Å²) in [5.41, 5.74) is 2.20. The van der Waals surface area contributed by atoms with Crippen LogP contribution >= 0.6 is 0 Å². The molecule has 0 N–H and O–H groups in total. The molecule has 1 rings (SSSR count). The first-order valence-corrected chi connectivity index (χ1v) is 6.36. The number of hydrogen-bond donors (Lipinski definition) is 0. The van der Waals surface area contributed by atoms with Crippen LogP contribution in [0.2, 0.25) is 5.82 Å². The second kappa shape index (κ2) is 12.6. The zero-order valence-electron chi connectivity index (χ0n) is 9.70. The van der Waals surface area contributed by atoms with Crippen LogP contribution in [0.5, 0.6) is 0 Å². The molecule has 0 bridgehead atoms. The van der Waals surface area contributed by atoms with Crippen LogP contribution in [0.4, 0.5) is 0 Å². The van der Waals surface area contributed by atoms with Crippen LogP contribution in [0.25, 0.3) is 0 Å². The molecule has 14 heavy (non-hydrogen) atoms. The van der Waals surface area contributed by atoms with E-state index in [0.717, 1.165) is 11.3 Å². The van der Waals surface area contributed by atoms with Crippen molar-refractivity contribution < 1.29 is 4.74 Å². The van der Waals surface area contributed by atoms with E-state index in [1.807, 2.05) is 38.7 Å². The van der Waals surface area contributed by atoms with E-state index in [9.17, 15) is 0 Å². The van der Waals surface area contributed by atoms with Gasteiger partial charge in [-0.25, -0.2) is 0 Å². The summed E-state index contributed by atoms with van der Waals surface area (Å²) >= 11 is 2.62. The fourth-order valence-corrected chi connectivity index (χ4v) is 0.826. The molecular weight excluding hydrogens is 241 g/mol. The zero-order valence-corrected chi connectivity index (χ0v) is 11.4. The minimum atomic E-state index is 0.652. The maximum atomic E-state index is 4.97. The Morgan fingerprint density at radius 2 is 1.93 bits per heavy atom. The summed E-state index contributed by atoms with van der Waals surface area (Å²) in [5, 5.41) is 0. The molecule has 0 spiro atoms. The molecule has 0 unspecified atom stereocenters. The third-order valence-corrected chi connectivity index (χ3v) is 1.42. The molecule has 0 amide bonds. The summed E-state index contributed by atoms with van der Waals surface area (Å²) in [4.78, 5) is 4.12. The van der Waals surface area contributed by atoms with Crippen LogP contribution in [-0.2, 0) is 11.3 Å². The van der Waals surface area contributed by atoms with Crippen molar-refractivity contribution in [2.24, 2.45) is 0 Å². The Kier molecular flexibility index (Phi) is 14.5. The Balaban J connectivity index is 0. The molecule has 1 radical (unpaired) electrons. The second-order valence-electron chi connectivity index (χ2n) is 2.18. The predicted molar refractivity (Wildman–Crippen MR) is 62.7 cm³/mol. The average Bonchev–Trinajstić information content (AvgIpc) is 2.28. The number of hydrogen-bond acceptors (Lipinski definition) is 2. The molecule has 1 aromatic rings. The fraction of sp³-hybridized carbons (Fsp3) is 0.545. The zero-order chi connectivity index (χ0) is 11.4. The van der Waals surface area contributed by atoms with Crippen LogP contribution < -0.4 is 0 Å². The van der Waals surface area contributed by atoms with Crippen molar-refractivity contribution in [1.82, 2.24) is 4.98 Å². The van der Waals surface area contributed by atoms with Gasteiger partial charge in [0.1, 0.15) is 0 Å². The van der Waals surface area contributed by atoms with Gasteiger partial charge >= 0.3 is 21.8 Å². The molecule has 0 aliphatic carbocycles. The normalized spacial score (nSPS) is 7.86. The van der Waals surface area contributed by atoms with E-state index in [0.29, 0.717) is 6.61 Å². The quantitative estimate of drug-likeness (QED) is 0.764. The molecule has 1 heterocycles. The van der Waals surface area contributed by atoms with E-state index >= 15 is 0 Å². The average molecular weight is 261 g/mol. The first-order chi connectivity index (χ1) is 6.84. The first-order valence-electron chi connectivity index (χ1n) is 4.65. The van der Waals surface area contributed by atoms with E-state index in [1.165, 1.54) is 0 Å². The van der Waals surface area contributed by atoms with E-state index in [4.69, 9.17) is 4.74 Å². The predicted octanol–water partition coefficient (Wildman–Crippen LogP) is 2.77. The molecule has 0 atom stereocenters. The summed E-state index contributed by atoms with van der Waals surface area (Å²) in [5.74, 6) is 1.88. The third-order valence-electron chi connectivity index (χ3n) is 1.42. The Labute approximate surface area is 95.9 Å². The van der Waals surface area contributed by atoms with E-state index < -0.39 is 0 Å². The maximum absolute atomic E-state index is 4.97. The third kappa shape index (κ3) is 7.07. The van der Waals surface area contributed by atoms with Crippen molar-refractivity contribution in [3.05, 3.63) is 29.6 Å². The molecule has 3 heteroatoms. The fourth-order valence-electron chi connectivity index (χ4n) is 0.826. The standard InChI is InChI=1S/C8H11NO.C2H6.CH3Se/c1-7-8(6-10-2)4-3-5-9-7;2*1-2/h3-5H,6H2,1-2H3;1-2H3;1H3. The first kappa shape index (κ1) is 16.1. The SMILES string of the molecule is CC.COCc1cccnc1C.C[Se]. The molecule has 0 saturated heterocycles. The van der Waals surface area contributed by atoms with Gasteiger partial charge in [-0.2, -0.15) is 0 Å². The molecule has 0 aliphatic heterocycles. The number of nitrogens with zero attached hydrogens (tertiary/aromatic N) is 1. The molecule has 0 aromatic carbocycles. The van der Waals surface area contributed by atoms with Gasteiger partial charge in [-0.3, -0.25) is 4.98 Å². The molecule has 2 nitrogen and oxygen atoms in total. The van der Waals surface area contributed by atoms with Crippen LogP contribution in [-0.4, -0.2) is 28.1 Å². The van der Waals surface area contributed by atoms with Crippen molar-refractivity contribution in [3.63, 3.8) is 0 Å². The Hall–Kier alpha value is -0.371. The topological polar surface area (TPSA) is 22.1 Å². The molecule has 1 aromatic heterocycles. The minimum absolute atomic E-state index is 0.652. The summed E-state index contributed by atoms with van der Waals surface area (Å²) in [7, 11) is 1.69. The van der Waals surface area contributed by atoms with Crippen LogP contribution in [0, 0.1) is 6.92 Å².